The first-order valence-electron chi connectivity index (χ1n) is 8.36. The standard InChI is InChI=1S/C20H25NO4S/c1-14(26-17-8-6-16(23-2)7-9-17)20(22)21-12-11-15-5-10-18(24-3)19(13-15)25-4/h5-10,13-14H,11-12H2,1-4H3,(H,21,22)/t14-/m1/s1. The highest BCUT2D eigenvalue weighted by Crippen LogP contribution is 2.28. The summed E-state index contributed by atoms with van der Waals surface area (Å²) < 4.78 is 15.7. The van der Waals surface area contributed by atoms with Crippen LogP contribution < -0.4 is 19.5 Å². The SMILES string of the molecule is COc1ccc(S[C@H](C)C(=O)NCCc2ccc(OC)c(OC)c2)cc1. The summed E-state index contributed by atoms with van der Waals surface area (Å²) in [7, 11) is 4.86. The van der Waals surface area contributed by atoms with Gasteiger partial charge in [-0.2, -0.15) is 0 Å². The highest BCUT2D eigenvalue weighted by Gasteiger charge is 2.14. The molecular weight excluding hydrogens is 350 g/mol. The van der Waals surface area contributed by atoms with Crippen LogP contribution in [0.4, 0.5) is 0 Å². The van der Waals surface area contributed by atoms with Gasteiger partial charge in [-0.05, 0) is 55.3 Å². The largest absolute Gasteiger partial charge is 0.497 e. The molecule has 26 heavy (non-hydrogen) atoms. The number of nitrogens with one attached hydrogen (secondary N) is 1. The maximum absolute atomic E-state index is 12.3. The number of carbonyl (C=O) groups is 1. The molecule has 0 bridgehead atoms. The Morgan fingerprint density at radius 1 is 1.00 bits per heavy atom. The second-order valence-corrected chi connectivity index (χ2v) is 7.08. The lowest BCUT2D eigenvalue weighted by Gasteiger charge is -2.13. The summed E-state index contributed by atoms with van der Waals surface area (Å²) in [5, 5.41) is 2.81. The molecule has 1 amide bonds. The van der Waals surface area contributed by atoms with Crippen LogP contribution in [0.5, 0.6) is 17.2 Å². The number of thioether (sulfide) groups is 1. The van der Waals surface area contributed by atoms with Crippen LogP contribution in [-0.2, 0) is 11.2 Å². The van der Waals surface area contributed by atoms with Gasteiger partial charge in [-0.3, -0.25) is 4.79 Å². The molecule has 0 aliphatic carbocycles. The third kappa shape index (κ3) is 5.59. The van der Waals surface area contributed by atoms with Crippen molar-refractivity contribution >= 4 is 17.7 Å². The van der Waals surface area contributed by atoms with Crippen LogP contribution in [0.25, 0.3) is 0 Å². The van der Waals surface area contributed by atoms with E-state index in [9.17, 15) is 4.79 Å². The first-order valence-corrected chi connectivity index (χ1v) is 9.24. The lowest BCUT2D eigenvalue weighted by molar-refractivity contribution is -0.120. The molecule has 2 aromatic rings. The fourth-order valence-corrected chi connectivity index (χ4v) is 3.31. The number of ether oxygens (including phenoxy) is 3. The van der Waals surface area contributed by atoms with Gasteiger partial charge in [0.25, 0.3) is 0 Å². The molecule has 1 atom stereocenters. The molecule has 1 N–H and O–H groups in total. The average molecular weight is 375 g/mol. The Balaban J connectivity index is 1.82. The number of hydrogen-bond acceptors (Lipinski definition) is 5. The normalized spacial score (nSPS) is 11.5. The van der Waals surface area contributed by atoms with Gasteiger partial charge < -0.3 is 19.5 Å². The van der Waals surface area contributed by atoms with E-state index in [-0.39, 0.29) is 11.2 Å². The molecule has 0 radical (unpaired) electrons. The minimum Gasteiger partial charge on any atom is -0.497 e. The number of carbonyl (C=O) groups excluding carboxylic acids is 1. The van der Waals surface area contributed by atoms with E-state index < -0.39 is 0 Å². The molecule has 140 valence electrons. The second-order valence-electron chi connectivity index (χ2n) is 5.67. The van der Waals surface area contributed by atoms with E-state index in [1.54, 1.807) is 21.3 Å². The molecule has 0 fully saturated rings. The molecule has 0 aliphatic heterocycles. The van der Waals surface area contributed by atoms with Gasteiger partial charge in [-0.1, -0.05) is 6.07 Å². The summed E-state index contributed by atoms with van der Waals surface area (Å²) in [6.07, 6.45) is 0.728. The summed E-state index contributed by atoms with van der Waals surface area (Å²) in [4.78, 5) is 13.3. The number of rotatable bonds is 9. The van der Waals surface area contributed by atoms with Crippen LogP contribution in [0, 0.1) is 0 Å². The Kier molecular flexibility index (Phi) is 7.66. The topological polar surface area (TPSA) is 56.8 Å². The van der Waals surface area contributed by atoms with Gasteiger partial charge in [-0.25, -0.2) is 0 Å². The number of methoxy groups -OCH3 is 3. The summed E-state index contributed by atoms with van der Waals surface area (Å²) in [5.74, 6) is 2.22. The molecule has 6 heteroatoms. The van der Waals surface area contributed by atoms with Gasteiger partial charge in [-0.15, -0.1) is 11.8 Å². The van der Waals surface area contributed by atoms with Crippen LogP contribution in [0.2, 0.25) is 0 Å². The van der Waals surface area contributed by atoms with Crippen molar-refractivity contribution in [2.45, 2.75) is 23.5 Å². The number of benzene rings is 2. The van der Waals surface area contributed by atoms with Crippen LogP contribution >= 0.6 is 11.8 Å². The van der Waals surface area contributed by atoms with Gasteiger partial charge in [0, 0.05) is 11.4 Å². The molecule has 0 saturated heterocycles. The van der Waals surface area contributed by atoms with Gasteiger partial charge in [0.05, 0.1) is 26.6 Å². The minimum absolute atomic E-state index is 0.0197. The van der Waals surface area contributed by atoms with Crippen LogP contribution in [0.1, 0.15) is 12.5 Å². The summed E-state index contributed by atoms with van der Waals surface area (Å²) in [6.45, 7) is 2.47. The highest BCUT2D eigenvalue weighted by molar-refractivity contribution is 8.00. The smallest absolute Gasteiger partial charge is 0.233 e. The molecule has 0 spiro atoms. The van der Waals surface area contributed by atoms with E-state index in [4.69, 9.17) is 14.2 Å². The lowest BCUT2D eigenvalue weighted by atomic mass is 10.1. The number of hydrogen-bond donors (Lipinski definition) is 1. The lowest BCUT2D eigenvalue weighted by Crippen LogP contribution is -2.32. The van der Waals surface area contributed by atoms with Crippen molar-refractivity contribution in [3.63, 3.8) is 0 Å². The Morgan fingerprint density at radius 3 is 2.31 bits per heavy atom. The zero-order valence-electron chi connectivity index (χ0n) is 15.6. The van der Waals surface area contributed by atoms with E-state index in [0.717, 1.165) is 22.6 Å². The predicted octanol–water partition coefficient (Wildman–Crippen LogP) is 3.55. The highest BCUT2D eigenvalue weighted by atomic mass is 32.2. The van der Waals surface area contributed by atoms with Crippen molar-refractivity contribution in [3.8, 4) is 17.2 Å². The minimum atomic E-state index is -0.172. The fourth-order valence-electron chi connectivity index (χ4n) is 2.42. The summed E-state index contributed by atoms with van der Waals surface area (Å²) in [5.41, 5.74) is 1.08. The quantitative estimate of drug-likeness (QED) is 0.679. The molecular formula is C20H25NO4S. The van der Waals surface area contributed by atoms with Crippen LogP contribution in [0.15, 0.2) is 47.4 Å². The maximum atomic E-state index is 12.3. The zero-order valence-corrected chi connectivity index (χ0v) is 16.4. The van der Waals surface area contributed by atoms with Crippen molar-refractivity contribution < 1.29 is 19.0 Å². The molecule has 2 rings (SSSR count). The monoisotopic (exact) mass is 375 g/mol. The van der Waals surface area contributed by atoms with Crippen molar-refractivity contribution in [1.29, 1.82) is 0 Å². The Labute approximate surface area is 159 Å². The van der Waals surface area contributed by atoms with Crippen LogP contribution in [0.3, 0.4) is 0 Å². The average Bonchev–Trinajstić information content (AvgIpc) is 2.68. The Morgan fingerprint density at radius 2 is 1.69 bits per heavy atom. The zero-order chi connectivity index (χ0) is 18.9. The molecule has 0 unspecified atom stereocenters. The van der Waals surface area contributed by atoms with Gasteiger partial charge in [0.15, 0.2) is 11.5 Å². The summed E-state index contributed by atoms with van der Waals surface area (Å²) >= 11 is 1.52. The van der Waals surface area contributed by atoms with E-state index in [1.165, 1.54) is 11.8 Å². The van der Waals surface area contributed by atoms with Crippen LogP contribution in [-0.4, -0.2) is 39.0 Å². The molecule has 2 aromatic carbocycles. The summed E-state index contributed by atoms with van der Waals surface area (Å²) in [6, 6.07) is 13.5. The first-order chi connectivity index (χ1) is 12.6. The third-order valence-electron chi connectivity index (χ3n) is 3.90. The molecule has 0 saturated carbocycles. The van der Waals surface area contributed by atoms with Crippen molar-refractivity contribution in [2.24, 2.45) is 0 Å². The van der Waals surface area contributed by atoms with E-state index >= 15 is 0 Å². The van der Waals surface area contributed by atoms with Crippen molar-refractivity contribution in [1.82, 2.24) is 5.32 Å². The fraction of sp³-hybridized carbons (Fsp3) is 0.350. The molecule has 0 aromatic heterocycles. The first kappa shape index (κ1) is 20.0. The van der Waals surface area contributed by atoms with E-state index in [1.807, 2.05) is 49.4 Å². The molecule has 0 aliphatic rings. The van der Waals surface area contributed by atoms with E-state index in [0.29, 0.717) is 18.0 Å². The predicted molar refractivity (Wildman–Crippen MR) is 105 cm³/mol. The molecule has 5 nitrogen and oxygen atoms in total. The van der Waals surface area contributed by atoms with Crippen molar-refractivity contribution in [2.75, 3.05) is 27.9 Å². The Bertz CT molecular complexity index is 718. The van der Waals surface area contributed by atoms with E-state index in [2.05, 4.69) is 5.32 Å². The number of amides is 1. The molecule has 0 heterocycles. The van der Waals surface area contributed by atoms with Gasteiger partial charge in [0.1, 0.15) is 5.75 Å². The Hall–Kier alpha value is -2.34. The van der Waals surface area contributed by atoms with Gasteiger partial charge in [0.2, 0.25) is 5.91 Å². The maximum Gasteiger partial charge on any atom is 0.233 e. The van der Waals surface area contributed by atoms with Gasteiger partial charge >= 0.3 is 0 Å². The third-order valence-corrected chi connectivity index (χ3v) is 5.01. The van der Waals surface area contributed by atoms with Crippen molar-refractivity contribution in [3.05, 3.63) is 48.0 Å². The second kappa shape index (κ2) is 9.97.